The number of nitrogens with one attached hydrogen (secondary N) is 1. The van der Waals surface area contributed by atoms with Crippen LogP contribution in [0.15, 0.2) is 29.6 Å². The highest BCUT2D eigenvalue weighted by Gasteiger charge is 2.20. The van der Waals surface area contributed by atoms with Crippen LogP contribution in [0.5, 0.6) is 0 Å². The van der Waals surface area contributed by atoms with Crippen molar-refractivity contribution in [3.63, 3.8) is 0 Å². The van der Waals surface area contributed by atoms with E-state index in [4.69, 9.17) is 0 Å². The molecule has 1 N–H and O–H groups in total. The molecule has 3 heteroatoms. The van der Waals surface area contributed by atoms with Crippen LogP contribution in [0.1, 0.15) is 40.5 Å². The lowest BCUT2D eigenvalue weighted by Gasteiger charge is -2.24. The summed E-state index contributed by atoms with van der Waals surface area (Å²) in [5.41, 5.74) is 3.30. The number of halogens is 1. The zero-order valence-corrected chi connectivity index (χ0v) is 11.9. The van der Waals surface area contributed by atoms with Gasteiger partial charge in [0.2, 0.25) is 0 Å². The van der Waals surface area contributed by atoms with Crippen molar-refractivity contribution in [3.05, 3.63) is 57.0 Å². The molecule has 0 saturated carbocycles. The fourth-order valence-electron chi connectivity index (χ4n) is 2.77. The normalized spacial score (nSPS) is 18.3. The third-order valence-corrected chi connectivity index (χ3v) is 4.79. The summed E-state index contributed by atoms with van der Waals surface area (Å²) in [5, 5.41) is 5.68. The lowest BCUT2D eigenvalue weighted by Crippen LogP contribution is -2.24. The summed E-state index contributed by atoms with van der Waals surface area (Å²) >= 11 is 1.84. The highest BCUT2D eigenvalue weighted by Crippen LogP contribution is 2.33. The van der Waals surface area contributed by atoms with Crippen LogP contribution in [0.2, 0.25) is 0 Å². The van der Waals surface area contributed by atoms with Crippen molar-refractivity contribution in [3.8, 4) is 0 Å². The fourth-order valence-corrected chi connectivity index (χ4v) is 3.76. The number of hydrogen-bond acceptors (Lipinski definition) is 2. The summed E-state index contributed by atoms with van der Waals surface area (Å²) in [5.74, 6) is -0.112. The van der Waals surface area contributed by atoms with Crippen molar-refractivity contribution in [2.24, 2.45) is 0 Å². The second-order valence-electron chi connectivity index (χ2n) is 5.22. The Hall–Kier alpha value is -1.19. The minimum absolute atomic E-state index is 0.112. The molecule has 3 rings (SSSR count). The van der Waals surface area contributed by atoms with Crippen LogP contribution in [0, 0.1) is 12.7 Å². The van der Waals surface area contributed by atoms with E-state index >= 15 is 0 Å². The van der Waals surface area contributed by atoms with E-state index in [0.717, 1.165) is 17.5 Å². The zero-order chi connectivity index (χ0) is 13.2. The molecule has 1 heterocycles. The highest BCUT2D eigenvalue weighted by atomic mass is 32.1. The maximum atomic E-state index is 13.7. The van der Waals surface area contributed by atoms with Gasteiger partial charge in [-0.05, 0) is 49.3 Å². The van der Waals surface area contributed by atoms with Crippen molar-refractivity contribution in [2.75, 3.05) is 0 Å². The lowest BCUT2D eigenvalue weighted by atomic mass is 9.94. The Morgan fingerprint density at radius 3 is 3.16 bits per heavy atom. The molecule has 19 heavy (non-hydrogen) atoms. The monoisotopic (exact) mass is 275 g/mol. The van der Waals surface area contributed by atoms with Crippen LogP contribution in [0.4, 0.5) is 4.39 Å². The first-order chi connectivity index (χ1) is 9.24. The van der Waals surface area contributed by atoms with Gasteiger partial charge in [-0.25, -0.2) is 4.39 Å². The van der Waals surface area contributed by atoms with Gasteiger partial charge in [0.1, 0.15) is 5.82 Å². The third-order valence-electron chi connectivity index (χ3n) is 3.79. The summed E-state index contributed by atoms with van der Waals surface area (Å²) in [6.45, 7) is 2.61. The number of hydrogen-bond donors (Lipinski definition) is 1. The second kappa shape index (κ2) is 5.43. The van der Waals surface area contributed by atoms with Crippen molar-refractivity contribution >= 4 is 11.3 Å². The number of rotatable bonds is 3. The summed E-state index contributed by atoms with van der Waals surface area (Å²) in [6.07, 6.45) is 3.57. The first-order valence-electron chi connectivity index (χ1n) is 6.79. The van der Waals surface area contributed by atoms with Gasteiger partial charge in [0.25, 0.3) is 0 Å². The van der Waals surface area contributed by atoms with E-state index in [1.165, 1.54) is 23.3 Å². The van der Waals surface area contributed by atoms with E-state index in [1.54, 1.807) is 6.07 Å². The predicted octanol–water partition coefficient (Wildman–Crippen LogP) is 4.36. The zero-order valence-electron chi connectivity index (χ0n) is 11.1. The van der Waals surface area contributed by atoms with E-state index in [9.17, 15) is 4.39 Å². The van der Waals surface area contributed by atoms with Crippen LogP contribution in [0.25, 0.3) is 0 Å². The molecule has 1 unspecified atom stereocenters. The summed E-state index contributed by atoms with van der Waals surface area (Å²) in [7, 11) is 0. The molecule has 0 spiro atoms. The fraction of sp³-hybridized carbons (Fsp3) is 0.375. The second-order valence-corrected chi connectivity index (χ2v) is 6.22. The van der Waals surface area contributed by atoms with E-state index in [-0.39, 0.29) is 5.82 Å². The van der Waals surface area contributed by atoms with Crippen LogP contribution in [-0.2, 0) is 13.0 Å². The minimum Gasteiger partial charge on any atom is -0.306 e. The summed E-state index contributed by atoms with van der Waals surface area (Å²) in [6, 6.07) is 7.90. The van der Waals surface area contributed by atoms with Gasteiger partial charge < -0.3 is 5.32 Å². The van der Waals surface area contributed by atoms with Crippen LogP contribution < -0.4 is 5.32 Å². The standard InChI is InChI=1S/C16H18FNS/c1-11-5-6-14(17)12(9-11)10-18-15-3-2-4-16-13(15)7-8-19-16/h5-9,15,18H,2-4,10H2,1H3. The van der Waals surface area contributed by atoms with Gasteiger partial charge in [-0.1, -0.05) is 17.7 Å². The predicted molar refractivity (Wildman–Crippen MR) is 78.0 cm³/mol. The Bertz CT molecular complexity index is 576. The van der Waals surface area contributed by atoms with E-state index in [0.29, 0.717) is 12.6 Å². The van der Waals surface area contributed by atoms with Gasteiger partial charge in [0.15, 0.2) is 0 Å². The molecule has 0 fully saturated rings. The molecule has 1 aromatic carbocycles. The maximum Gasteiger partial charge on any atom is 0.127 e. The highest BCUT2D eigenvalue weighted by molar-refractivity contribution is 7.10. The molecule has 1 aliphatic rings. The molecule has 0 radical (unpaired) electrons. The summed E-state index contributed by atoms with van der Waals surface area (Å²) in [4.78, 5) is 1.49. The molecule has 1 aromatic heterocycles. The number of fused-ring (bicyclic) bond motifs is 1. The van der Waals surface area contributed by atoms with Crippen molar-refractivity contribution in [1.29, 1.82) is 0 Å². The van der Waals surface area contributed by atoms with Gasteiger partial charge in [0, 0.05) is 23.0 Å². The molecule has 0 saturated heterocycles. The molecule has 1 nitrogen and oxygen atoms in total. The van der Waals surface area contributed by atoms with E-state index in [1.807, 2.05) is 30.4 Å². The van der Waals surface area contributed by atoms with Gasteiger partial charge in [-0.15, -0.1) is 11.3 Å². The first kappa shape index (κ1) is 12.8. The van der Waals surface area contributed by atoms with Crippen LogP contribution in [0.3, 0.4) is 0 Å². The number of aryl methyl sites for hydroxylation is 2. The van der Waals surface area contributed by atoms with Crippen molar-refractivity contribution < 1.29 is 4.39 Å². The SMILES string of the molecule is Cc1ccc(F)c(CNC2CCCc3sccc32)c1. The topological polar surface area (TPSA) is 12.0 Å². The molecular formula is C16H18FNS. The largest absolute Gasteiger partial charge is 0.306 e. The third kappa shape index (κ3) is 2.72. The first-order valence-corrected chi connectivity index (χ1v) is 7.66. The van der Waals surface area contributed by atoms with E-state index < -0.39 is 0 Å². The number of thiophene rings is 1. The lowest BCUT2D eigenvalue weighted by molar-refractivity contribution is 0.456. The smallest absolute Gasteiger partial charge is 0.127 e. The molecule has 1 atom stereocenters. The Morgan fingerprint density at radius 1 is 1.37 bits per heavy atom. The van der Waals surface area contributed by atoms with Crippen molar-refractivity contribution in [2.45, 2.75) is 38.8 Å². The van der Waals surface area contributed by atoms with Gasteiger partial charge >= 0.3 is 0 Å². The molecule has 2 aromatic rings. The van der Waals surface area contributed by atoms with Crippen molar-refractivity contribution in [1.82, 2.24) is 5.32 Å². The Kier molecular flexibility index (Phi) is 3.67. The molecule has 0 amide bonds. The van der Waals surface area contributed by atoms with Crippen LogP contribution >= 0.6 is 11.3 Å². The summed E-state index contributed by atoms with van der Waals surface area (Å²) < 4.78 is 13.7. The molecule has 0 aliphatic heterocycles. The van der Waals surface area contributed by atoms with Crippen LogP contribution in [-0.4, -0.2) is 0 Å². The molecule has 100 valence electrons. The van der Waals surface area contributed by atoms with E-state index in [2.05, 4.69) is 16.8 Å². The Morgan fingerprint density at radius 2 is 2.26 bits per heavy atom. The number of benzene rings is 1. The Balaban J connectivity index is 1.72. The average Bonchev–Trinajstić information content (AvgIpc) is 2.88. The minimum atomic E-state index is -0.112. The van der Waals surface area contributed by atoms with Gasteiger partial charge in [-0.2, -0.15) is 0 Å². The molecular weight excluding hydrogens is 257 g/mol. The van der Waals surface area contributed by atoms with Gasteiger partial charge in [-0.3, -0.25) is 0 Å². The quantitative estimate of drug-likeness (QED) is 0.877. The maximum absolute atomic E-state index is 13.7. The molecule has 0 bridgehead atoms. The molecule has 1 aliphatic carbocycles. The average molecular weight is 275 g/mol. The van der Waals surface area contributed by atoms with Gasteiger partial charge in [0.05, 0.1) is 0 Å². The Labute approximate surface area is 117 Å².